The first-order valence-electron chi connectivity index (χ1n) is 11.0. The standard InChI is InChI=1S/C22H29N2O3P/c1-22-9-8-18-17-5-3-16(27-28(26,23-10-11-23)24-12-13-24)14-15(17)2-4-19(18)20(22)6-7-21(22)25/h3,5,14,18-20H,2,4,6-13H2,1H3/t18-,19-,20-,22+/m1/s1. The summed E-state index contributed by atoms with van der Waals surface area (Å²) in [6.07, 6.45) is 6.25. The van der Waals surface area contributed by atoms with Crippen LogP contribution in [0.25, 0.3) is 0 Å². The van der Waals surface area contributed by atoms with Crippen LogP contribution in [0.4, 0.5) is 0 Å². The molecule has 0 aromatic heterocycles. The second-order valence-electron chi connectivity index (χ2n) is 9.68. The molecule has 2 heterocycles. The molecule has 0 amide bonds. The van der Waals surface area contributed by atoms with E-state index in [4.69, 9.17) is 4.52 Å². The Hall–Kier alpha value is -1.16. The van der Waals surface area contributed by atoms with Crippen LogP contribution in [0.3, 0.4) is 0 Å². The molecule has 2 saturated heterocycles. The van der Waals surface area contributed by atoms with Gasteiger partial charge in [-0.2, -0.15) is 0 Å². The summed E-state index contributed by atoms with van der Waals surface area (Å²) in [7, 11) is -2.83. The maximum atomic E-state index is 13.3. The Morgan fingerprint density at radius 2 is 1.82 bits per heavy atom. The molecule has 5 aliphatic rings. The van der Waals surface area contributed by atoms with Gasteiger partial charge in [0, 0.05) is 38.0 Å². The van der Waals surface area contributed by atoms with Crippen molar-refractivity contribution in [3.63, 3.8) is 0 Å². The summed E-state index contributed by atoms with van der Waals surface area (Å²) < 4.78 is 23.3. The first kappa shape index (κ1) is 17.7. The summed E-state index contributed by atoms with van der Waals surface area (Å²) in [6.45, 7) is 5.74. The Kier molecular flexibility index (Phi) is 3.75. The zero-order valence-electron chi connectivity index (χ0n) is 16.6. The maximum absolute atomic E-state index is 13.3. The Labute approximate surface area is 167 Å². The number of aryl methyl sites for hydroxylation is 1. The molecule has 1 aromatic carbocycles. The smallest absolute Gasteiger partial charge is 0.395 e. The Morgan fingerprint density at radius 1 is 1.07 bits per heavy atom. The predicted octanol–water partition coefficient (Wildman–Crippen LogP) is 4.23. The molecule has 0 spiro atoms. The summed E-state index contributed by atoms with van der Waals surface area (Å²) in [5.41, 5.74) is 2.76. The summed E-state index contributed by atoms with van der Waals surface area (Å²) in [6, 6.07) is 6.42. The molecule has 150 valence electrons. The largest absolute Gasteiger partial charge is 0.422 e. The van der Waals surface area contributed by atoms with Crippen molar-refractivity contribution in [3.8, 4) is 5.75 Å². The molecule has 0 N–H and O–H groups in total. The summed E-state index contributed by atoms with van der Waals surface area (Å²) in [5.74, 6) is 3.05. The van der Waals surface area contributed by atoms with Gasteiger partial charge in [-0.1, -0.05) is 13.0 Å². The van der Waals surface area contributed by atoms with Crippen LogP contribution in [-0.2, 0) is 15.8 Å². The van der Waals surface area contributed by atoms with Crippen molar-refractivity contribution in [1.29, 1.82) is 0 Å². The highest BCUT2D eigenvalue weighted by molar-refractivity contribution is 7.55. The highest BCUT2D eigenvalue weighted by atomic mass is 31.2. The zero-order chi connectivity index (χ0) is 19.1. The topological polar surface area (TPSA) is 49.4 Å². The first-order chi connectivity index (χ1) is 13.5. The number of rotatable bonds is 4. The van der Waals surface area contributed by atoms with E-state index in [2.05, 4.69) is 19.1 Å². The van der Waals surface area contributed by atoms with Gasteiger partial charge < -0.3 is 4.52 Å². The van der Waals surface area contributed by atoms with Gasteiger partial charge in [0.05, 0.1) is 0 Å². The fraction of sp³-hybridized carbons (Fsp3) is 0.682. The minimum atomic E-state index is -2.83. The van der Waals surface area contributed by atoms with Gasteiger partial charge >= 0.3 is 7.67 Å². The van der Waals surface area contributed by atoms with E-state index in [0.717, 1.165) is 64.0 Å². The molecular weight excluding hydrogens is 371 g/mol. The van der Waals surface area contributed by atoms with Crippen LogP contribution in [0.5, 0.6) is 5.75 Å². The van der Waals surface area contributed by atoms with Crippen LogP contribution >= 0.6 is 7.67 Å². The van der Waals surface area contributed by atoms with E-state index < -0.39 is 7.67 Å². The van der Waals surface area contributed by atoms with Crippen molar-refractivity contribution in [2.45, 2.75) is 51.4 Å². The molecule has 0 unspecified atom stereocenters. The minimum absolute atomic E-state index is 0.0637. The van der Waals surface area contributed by atoms with E-state index >= 15 is 0 Å². The average molecular weight is 400 g/mol. The van der Waals surface area contributed by atoms with Gasteiger partial charge in [-0.15, -0.1) is 0 Å². The van der Waals surface area contributed by atoms with E-state index in [1.54, 1.807) is 0 Å². The Balaban J connectivity index is 1.27. The second-order valence-corrected chi connectivity index (χ2v) is 12.0. The first-order valence-corrected chi connectivity index (χ1v) is 12.5. The number of hydrogen-bond donors (Lipinski definition) is 0. The molecule has 2 aliphatic heterocycles. The number of Topliss-reactive ketones (excluding diaryl/α,β-unsaturated/α-hetero) is 1. The molecule has 5 nitrogen and oxygen atoms in total. The molecule has 28 heavy (non-hydrogen) atoms. The van der Waals surface area contributed by atoms with Crippen molar-refractivity contribution < 1.29 is 13.9 Å². The zero-order valence-corrected chi connectivity index (χ0v) is 17.5. The van der Waals surface area contributed by atoms with Gasteiger partial charge in [0.1, 0.15) is 11.5 Å². The van der Waals surface area contributed by atoms with E-state index in [1.165, 1.54) is 17.5 Å². The third-order valence-electron chi connectivity index (χ3n) is 8.19. The summed E-state index contributed by atoms with van der Waals surface area (Å²) >= 11 is 0. The van der Waals surface area contributed by atoms with E-state index in [1.807, 2.05) is 15.4 Å². The molecule has 0 radical (unpaired) electrons. The lowest BCUT2D eigenvalue weighted by atomic mass is 9.55. The van der Waals surface area contributed by atoms with Crippen molar-refractivity contribution in [2.24, 2.45) is 17.3 Å². The van der Waals surface area contributed by atoms with Gasteiger partial charge in [0.15, 0.2) is 0 Å². The minimum Gasteiger partial charge on any atom is -0.422 e. The fourth-order valence-electron chi connectivity index (χ4n) is 6.41. The number of ketones is 1. The highest BCUT2D eigenvalue weighted by Crippen LogP contribution is 2.62. The number of hydrogen-bond acceptors (Lipinski definition) is 3. The van der Waals surface area contributed by atoms with Gasteiger partial charge in [-0.05, 0) is 73.1 Å². The van der Waals surface area contributed by atoms with Gasteiger partial charge in [-0.3, -0.25) is 4.79 Å². The van der Waals surface area contributed by atoms with Crippen molar-refractivity contribution in [2.75, 3.05) is 26.2 Å². The van der Waals surface area contributed by atoms with Crippen molar-refractivity contribution >= 4 is 13.5 Å². The van der Waals surface area contributed by atoms with E-state index in [0.29, 0.717) is 23.5 Å². The van der Waals surface area contributed by atoms with Crippen molar-refractivity contribution in [1.82, 2.24) is 9.34 Å². The number of benzene rings is 1. The molecule has 2 saturated carbocycles. The third-order valence-corrected chi connectivity index (χ3v) is 10.9. The summed E-state index contributed by atoms with van der Waals surface area (Å²) in [4.78, 5) is 12.5. The molecule has 4 fully saturated rings. The molecule has 6 rings (SSSR count). The molecule has 4 atom stereocenters. The quantitative estimate of drug-likeness (QED) is 0.559. The highest BCUT2D eigenvalue weighted by Gasteiger charge is 2.55. The summed E-state index contributed by atoms with van der Waals surface area (Å²) in [5, 5.41) is 0. The van der Waals surface area contributed by atoms with Gasteiger partial charge in [0.25, 0.3) is 0 Å². The van der Waals surface area contributed by atoms with E-state index in [9.17, 15) is 9.36 Å². The van der Waals surface area contributed by atoms with Crippen LogP contribution in [-0.4, -0.2) is 41.3 Å². The Bertz CT molecular complexity index is 878. The lowest BCUT2D eigenvalue weighted by Crippen LogP contribution is -2.42. The molecular formula is C22H29N2O3P. The fourth-order valence-corrected chi connectivity index (χ4v) is 8.58. The molecule has 0 bridgehead atoms. The van der Waals surface area contributed by atoms with Crippen LogP contribution < -0.4 is 4.52 Å². The van der Waals surface area contributed by atoms with Gasteiger partial charge in [-0.25, -0.2) is 13.9 Å². The van der Waals surface area contributed by atoms with E-state index in [-0.39, 0.29) is 5.41 Å². The number of carbonyl (C=O) groups excluding carboxylic acids is 1. The van der Waals surface area contributed by atoms with Crippen LogP contribution in [0.15, 0.2) is 18.2 Å². The Morgan fingerprint density at radius 3 is 2.54 bits per heavy atom. The normalized spacial score (nSPS) is 37.2. The lowest BCUT2D eigenvalue weighted by Gasteiger charge is -2.48. The predicted molar refractivity (Wildman–Crippen MR) is 107 cm³/mol. The third kappa shape index (κ3) is 2.52. The number of fused-ring (bicyclic) bond motifs is 5. The number of nitrogens with zero attached hydrogens (tertiary/aromatic N) is 2. The van der Waals surface area contributed by atoms with Gasteiger partial charge in [0.2, 0.25) is 0 Å². The van der Waals surface area contributed by atoms with Crippen LogP contribution in [0.2, 0.25) is 0 Å². The SMILES string of the molecule is C[C@]12CC[C@@H]3c4ccc(OP(=O)(N5CC5)N5CC5)cc4CC[C@H]3[C@H]1CCC2=O. The maximum Gasteiger partial charge on any atom is 0.395 e. The molecule has 3 aliphatic carbocycles. The lowest BCUT2D eigenvalue weighted by molar-refractivity contribution is -0.129. The van der Waals surface area contributed by atoms with Crippen molar-refractivity contribution in [3.05, 3.63) is 29.3 Å². The monoisotopic (exact) mass is 400 g/mol. The van der Waals surface area contributed by atoms with Crippen LogP contribution in [0.1, 0.15) is 56.1 Å². The average Bonchev–Trinajstić information content (AvgIpc) is 3.58. The van der Waals surface area contributed by atoms with Crippen LogP contribution in [0, 0.1) is 17.3 Å². The second kappa shape index (κ2) is 5.93. The molecule has 6 heteroatoms. The number of carbonyl (C=O) groups is 1. The molecule has 1 aromatic rings.